The van der Waals surface area contributed by atoms with Crippen LogP contribution in [0.3, 0.4) is 0 Å². The maximum absolute atomic E-state index is 14.2. The average Bonchev–Trinajstić information content (AvgIpc) is 2.61. The first-order valence-electron chi connectivity index (χ1n) is 7.86. The summed E-state index contributed by atoms with van der Waals surface area (Å²) in [6, 6.07) is 8.94. The summed E-state index contributed by atoms with van der Waals surface area (Å²) in [6.45, 7) is 0. The molecule has 3 N–H and O–H groups in total. The molecule has 1 fully saturated rings. The molecule has 0 aliphatic carbocycles. The number of carbonyl (C=O) groups is 2. The van der Waals surface area contributed by atoms with Crippen LogP contribution in [0.4, 0.5) is 22.4 Å². The first-order chi connectivity index (χ1) is 12.6. The minimum atomic E-state index is -5.32. The third-order valence-electron chi connectivity index (χ3n) is 4.39. The molecule has 2 aromatic carbocycles. The Morgan fingerprint density at radius 3 is 2.22 bits per heavy atom. The van der Waals surface area contributed by atoms with Gasteiger partial charge in [0.1, 0.15) is 11.7 Å². The molecule has 5 nitrogen and oxygen atoms in total. The van der Waals surface area contributed by atoms with Gasteiger partial charge in [-0.25, -0.2) is 9.18 Å². The first kappa shape index (κ1) is 18.8. The van der Waals surface area contributed by atoms with Crippen LogP contribution in [0.1, 0.15) is 17.2 Å². The predicted octanol–water partition coefficient (Wildman–Crippen LogP) is 2.77. The van der Waals surface area contributed by atoms with Crippen molar-refractivity contribution >= 4 is 11.8 Å². The van der Waals surface area contributed by atoms with Crippen LogP contribution in [0.5, 0.6) is 0 Å². The fourth-order valence-corrected chi connectivity index (χ4v) is 3.20. The van der Waals surface area contributed by atoms with Gasteiger partial charge in [-0.15, -0.1) is 0 Å². The Labute approximate surface area is 151 Å². The number of carbonyl (C=O) groups excluding carboxylic acids is 2. The Kier molecular flexibility index (Phi) is 4.64. The van der Waals surface area contributed by atoms with Crippen molar-refractivity contribution in [1.29, 1.82) is 0 Å². The van der Waals surface area contributed by atoms with E-state index in [9.17, 15) is 32.3 Å². The molecule has 142 valence electrons. The molecular weight excluding hydrogens is 368 g/mol. The Bertz CT molecular complexity index is 872. The molecule has 0 spiro atoms. The molecule has 1 heterocycles. The highest BCUT2D eigenvalue weighted by molar-refractivity contribution is 5.91. The number of Topliss-reactive ketones (excluding diaryl/α,β-unsaturated/α-hetero) is 1. The van der Waals surface area contributed by atoms with Crippen molar-refractivity contribution < 1.29 is 32.3 Å². The monoisotopic (exact) mass is 382 g/mol. The highest BCUT2D eigenvalue weighted by Crippen LogP contribution is 2.43. The van der Waals surface area contributed by atoms with Crippen molar-refractivity contribution in [3.63, 3.8) is 0 Å². The number of rotatable bonds is 3. The molecule has 9 heteroatoms. The molecular formula is C18H14F4N2O3. The van der Waals surface area contributed by atoms with Gasteiger partial charge in [-0.1, -0.05) is 48.5 Å². The fourth-order valence-electron chi connectivity index (χ4n) is 3.20. The van der Waals surface area contributed by atoms with Gasteiger partial charge >= 0.3 is 12.2 Å². The summed E-state index contributed by atoms with van der Waals surface area (Å²) in [5, 5.41) is 15.1. The van der Waals surface area contributed by atoms with Crippen molar-refractivity contribution in [2.45, 2.75) is 17.9 Å². The predicted molar refractivity (Wildman–Crippen MR) is 85.7 cm³/mol. The van der Waals surface area contributed by atoms with Crippen LogP contribution in [0.2, 0.25) is 0 Å². The number of benzene rings is 2. The zero-order valence-electron chi connectivity index (χ0n) is 13.6. The summed E-state index contributed by atoms with van der Waals surface area (Å²) >= 11 is 0. The standard InChI is InChI=1S/C18H14F4N2O3/c19-12-9-5-4-8-11(12)14-13(15(25)18(20,21)22)17(27,24-16(26)23-14)10-6-2-1-3-7-10/h1-9,13-14,27H,(H2,23,24,26). The molecule has 1 aliphatic heterocycles. The molecule has 0 aromatic heterocycles. The highest BCUT2D eigenvalue weighted by Gasteiger charge is 2.59. The lowest BCUT2D eigenvalue weighted by Gasteiger charge is -2.45. The van der Waals surface area contributed by atoms with Gasteiger partial charge in [-0.2, -0.15) is 13.2 Å². The largest absolute Gasteiger partial charge is 0.450 e. The molecule has 3 unspecified atom stereocenters. The Balaban J connectivity index is 2.21. The van der Waals surface area contributed by atoms with Gasteiger partial charge in [0.25, 0.3) is 0 Å². The number of hydrogen-bond acceptors (Lipinski definition) is 3. The van der Waals surface area contributed by atoms with E-state index < -0.39 is 41.5 Å². The highest BCUT2D eigenvalue weighted by atomic mass is 19.4. The summed E-state index contributed by atoms with van der Waals surface area (Å²) < 4.78 is 54.1. The van der Waals surface area contributed by atoms with Crippen LogP contribution >= 0.6 is 0 Å². The van der Waals surface area contributed by atoms with Crippen LogP contribution in [0, 0.1) is 11.7 Å². The van der Waals surface area contributed by atoms with Crippen LogP contribution in [-0.2, 0) is 10.5 Å². The van der Waals surface area contributed by atoms with Crippen molar-refractivity contribution in [2.75, 3.05) is 0 Å². The van der Waals surface area contributed by atoms with E-state index in [0.29, 0.717) is 0 Å². The Hall–Kier alpha value is -2.94. The molecule has 1 saturated heterocycles. The van der Waals surface area contributed by atoms with Gasteiger partial charge in [-0.05, 0) is 6.07 Å². The fraction of sp³-hybridized carbons (Fsp3) is 0.222. The second kappa shape index (κ2) is 6.66. The SMILES string of the molecule is O=C1NC(c2ccccc2F)C(C(=O)C(F)(F)F)C(O)(c2ccccc2)N1. The minimum absolute atomic E-state index is 0.135. The number of ketones is 1. The van der Waals surface area contributed by atoms with Gasteiger partial charge in [0, 0.05) is 11.1 Å². The van der Waals surface area contributed by atoms with Gasteiger partial charge in [0.05, 0.1) is 6.04 Å². The van der Waals surface area contributed by atoms with Crippen LogP contribution in [-0.4, -0.2) is 23.1 Å². The number of urea groups is 1. The lowest BCUT2D eigenvalue weighted by Crippen LogP contribution is -2.66. The lowest BCUT2D eigenvalue weighted by atomic mass is 9.76. The Morgan fingerprint density at radius 2 is 1.63 bits per heavy atom. The summed E-state index contributed by atoms with van der Waals surface area (Å²) in [5.74, 6) is -5.47. The normalized spacial score (nSPS) is 25.4. The maximum atomic E-state index is 14.2. The van der Waals surface area contributed by atoms with E-state index in [1.165, 1.54) is 36.4 Å². The first-order valence-corrected chi connectivity index (χ1v) is 7.86. The smallest absolute Gasteiger partial charge is 0.366 e. The molecule has 2 aromatic rings. The van der Waals surface area contributed by atoms with E-state index in [2.05, 4.69) is 5.32 Å². The third-order valence-corrected chi connectivity index (χ3v) is 4.39. The summed E-state index contributed by atoms with van der Waals surface area (Å²) in [7, 11) is 0. The third kappa shape index (κ3) is 3.37. The number of aliphatic hydroxyl groups is 1. The molecule has 0 radical (unpaired) electrons. The van der Waals surface area contributed by atoms with E-state index >= 15 is 0 Å². The molecule has 0 bridgehead atoms. The second-order valence-electron chi connectivity index (χ2n) is 6.07. The van der Waals surface area contributed by atoms with E-state index in [-0.39, 0.29) is 11.1 Å². The van der Waals surface area contributed by atoms with Gasteiger partial charge < -0.3 is 15.7 Å². The molecule has 2 amide bonds. The zero-order valence-corrected chi connectivity index (χ0v) is 13.6. The lowest BCUT2D eigenvalue weighted by molar-refractivity contribution is -0.190. The molecule has 3 rings (SSSR count). The van der Waals surface area contributed by atoms with Crippen molar-refractivity contribution in [1.82, 2.24) is 10.6 Å². The van der Waals surface area contributed by atoms with Crippen LogP contribution < -0.4 is 10.6 Å². The minimum Gasteiger partial charge on any atom is -0.366 e. The second-order valence-corrected chi connectivity index (χ2v) is 6.07. The summed E-state index contributed by atoms with van der Waals surface area (Å²) in [6.07, 6.45) is -5.32. The topological polar surface area (TPSA) is 78.4 Å². The summed E-state index contributed by atoms with van der Waals surface area (Å²) in [4.78, 5) is 24.3. The quantitative estimate of drug-likeness (QED) is 0.715. The van der Waals surface area contributed by atoms with E-state index in [0.717, 1.165) is 12.1 Å². The number of alkyl halides is 3. The molecule has 3 atom stereocenters. The number of halogens is 4. The van der Waals surface area contributed by atoms with Gasteiger partial charge in [0.15, 0.2) is 5.72 Å². The molecule has 27 heavy (non-hydrogen) atoms. The van der Waals surface area contributed by atoms with Gasteiger partial charge in [-0.3, -0.25) is 4.79 Å². The molecule has 1 aliphatic rings. The average molecular weight is 382 g/mol. The maximum Gasteiger partial charge on any atom is 0.450 e. The molecule has 0 saturated carbocycles. The van der Waals surface area contributed by atoms with Gasteiger partial charge in [0.2, 0.25) is 5.78 Å². The van der Waals surface area contributed by atoms with Crippen molar-refractivity contribution in [2.24, 2.45) is 5.92 Å². The van der Waals surface area contributed by atoms with Crippen molar-refractivity contribution in [3.8, 4) is 0 Å². The number of amides is 2. The van der Waals surface area contributed by atoms with E-state index in [4.69, 9.17) is 0 Å². The van der Waals surface area contributed by atoms with E-state index in [1.54, 1.807) is 6.07 Å². The van der Waals surface area contributed by atoms with Crippen LogP contribution in [0.25, 0.3) is 0 Å². The Morgan fingerprint density at radius 1 is 1.04 bits per heavy atom. The van der Waals surface area contributed by atoms with E-state index in [1.807, 2.05) is 5.32 Å². The number of hydrogen-bond donors (Lipinski definition) is 3. The zero-order chi connectivity index (χ0) is 19.8. The van der Waals surface area contributed by atoms with Crippen molar-refractivity contribution in [3.05, 3.63) is 71.5 Å². The number of nitrogens with one attached hydrogen (secondary N) is 2. The summed E-state index contributed by atoms with van der Waals surface area (Å²) in [5.41, 5.74) is -3.17. The van der Waals surface area contributed by atoms with Crippen LogP contribution in [0.15, 0.2) is 54.6 Å².